The molecule has 0 aromatic rings. The highest BCUT2D eigenvalue weighted by Gasteiger charge is 2.63. The average molecular weight is 382 g/mol. The van der Waals surface area contributed by atoms with Crippen LogP contribution in [0.3, 0.4) is 0 Å². The number of hydrogen-bond acceptors (Lipinski definition) is 5. The molecule has 1 heterocycles. The summed E-state index contributed by atoms with van der Waals surface area (Å²) in [5.41, 5.74) is 0.722. The van der Waals surface area contributed by atoms with Gasteiger partial charge in [0.25, 0.3) is 0 Å². The molecule has 0 amide bonds. The second kappa shape index (κ2) is 6.33. The van der Waals surface area contributed by atoms with Gasteiger partial charge in [-0.15, -0.1) is 0 Å². The zero-order chi connectivity index (χ0) is 19.4. The molecule has 0 bridgehead atoms. The average Bonchev–Trinajstić information content (AvgIpc) is 2.90. The Kier molecular flexibility index (Phi) is 4.84. The topological polar surface area (TPSA) is 57.1 Å². The molecular weight excluding hydrogens is 346 g/mol. The monoisotopic (exact) mass is 381 g/mol. The van der Waals surface area contributed by atoms with Gasteiger partial charge in [0.1, 0.15) is 6.61 Å². The molecule has 2 fully saturated rings. The van der Waals surface area contributed by atoms with Crippen molar-refractivity contribution in [3.8, 4) is 0 Å². The van der Waals surface area contributed by atoms with Crippen LogP contribution in [-0.4, -0.2) is 38.3 Å². The first-order valence-corrected chi connectivity index (χ1v) is 12.9. The van der Waals surface area contributed by atoms with Crippen LogP contribution < -0.4 is 0 Å². The van der Waals surface area contributed by atoms with Crippen molar-refractivity contribution in [2.75, 3.05) is 6.61 Å². The number of carbonyl (C=O) groups excluding carboxylic acids is 1. The fourth-order valence-electron chi connectivity index (χ4n) is 4.82. The van der Waals surface area contributed by atoms with Crippen LogP contribution in [0, 0.1) is 11.3 Å². The first-order valence-electron chi connectivity index (χ1n) is 9.97. The number of hydrogen-bond donors (Lipinski definition) is 0. The number of esters is 1. The van der Waals surface area contributed by atoms with Crippen LogP contribution >= 0.6 is 0 Å². The zero-order valence-electron chi connectivity index (χ0n) is 17.5. The lowest BCUT2D eigenvalue weighted by Crippen LogP contribution is -2.59. The second-order valence-electron chi connectivity index (χ2n) is 10.3. The molecule has 0 aromatic heterocycles. The molecule has 0 radical (unpaired) electrons. The van der Waals surface area contributed by atoms with Gasteiger partial charge >= 0.3 is 5.97 Å². The van der Waals surface area contributed by atoms with E-state index in [9.17, 15) is 4.79 Å². The van der Waals surface area contributed by atoms with E-state index in [4.69, 9.17) is 14.0 Å². The third-order valence-electron chi connectivity index (χ3n) is 7.27. The van der Waals surface area contributed by atoms with E-state index in [1.165, 1.54) is 13.3 Å². The third kappa shape index (κ3) is 3.24. The fourth-order valence-corrected chi connectivity index (χ4v) is 6.12. The van der Waals surface area contributed by atoms with Crippen molar-refractivity contribution < 1.29 is 18.8 Å². The SMILES string of the molecule is CC(=O)OC[C@]12CCC[C@]3(C)CC[C@@H](O[Si](C)(C)C(C)(C)C)C(=NO1)[C@@H]32. The molecule has 4 atom stereocenters. The summed E-state index contributed by atoms with van der Waals surface area (Å²) in [6.45, 7) is 15.5. The summed E-state index contributed by atoms with van der Waals surface area (Å²) in [5, 5.41) is 4.73. The molecule has 3 rings (SSSR count). The van der Waals surface area contributed by atoms with E-state index in [1.54, 1.807) is 0 Å². The Balaban J connectivity index is 1.87. The molecule has 0 saturated heterocycles. The summed E-state index contributed by atoms with van der Waals surface area (Å²) in [7, 11) is -1.90. The van der Waals surface area contributed by atoms with Crippen molar-refractivity contribution in [2.45, 2.75) is 96.6 Å². The molecule has 0 unspecified atom stereocenters. The standard InChI is InChI=1S/C20H35NO4Si/c1-14(22)23-13-20-11-8-10-19(5)12-9-15(16(17(19)20)21-25-20)24-26(6,7)18(2,3)4/h15,17H,8-13H2,1-7H3/t15-,17+,19-,20+/m1/s1. The molecule has 26 heavy (non-hydrogen) atoms. The zero-order valence-corrected chi connectivity index (χ0v) is 18.5. The van der Waals surface area contributed by atoms with Crippen molar-refractivity contribution in [3.05, 3.63) is 0 Å². The molecule has 5 nitrogen and oxygen atoms in total. The fraction of sp³-hybridized carbons (Fsp3) is 0.900. The Morgan fingerprint density at radius 2 is 2.00 bits per heavy atom. The minimum Gasteiger partial charge on any atom is -0.461 e. The lowest BCUT2D eigenvalue weighted by molar-refractivity contribution is -0.167. The Morgan fingerprint density at radius 3 is 2.62 bits per heavy atom. The molecule has 6 heteroatoms. The van der Waals surface area contributed by atoms with Gasteiger partial charge in [-0.25, -0.2) is 0 Å². The van der Waals surface area contributed by atoms with E-state index in [2.05, 4.69) is 45.9 Å². The maximum absolute atomic E-state index is 11.4. The van der Waals surface area contributed by atoms with E-state index in [1.807, 2.05) is 0 Å². The van der Waals surface area contributed by atoms with Gasteiger partial charge in [0.05, 0.1) is 17.7 Å². The summed E-state index contributed by atoms with van der Waals surface area (Å²) < 4.78 is 12.2. The maximum atomic E-state index is 11.4. The first-order chi connectivity index (χ1) is 11.9. The molecule has 1 aliphatic heterocycles. The van der Waals surface area contributed by atoms with Crippen LogP contribution in [0.1, 0.15) is 66.7 Å². The van der Waals surface area contributed by atoms with Crippen molar-refractivity contribution in [1.82, 2.24) is 0 Å². The van der Waals surface area contributed by atoms with Gasteiger partial charge in [0.2, 0.25) is 0 Å². The largest absolute Gasteiger partial charge is 0.461 e. The lowest BCUT2D eigenvalue weighted by Gasteiger charge is -2.52. The smallest absolute Gasteiger partial charge is 0.302 e. The number of rotatable bonds is 4. The molecule has 3 aliphatic rings. The lowest BCUT2D eigenvalue weighted by atomic mass is 9.54. The van der Waals surface area contributed by atoms with Crippen LogP contribution in [0.2, 0.25) is 18.1 Å². The summed E-state index contributed by atoms with van der Waals surface area (Å²) in [6.07, 6.45) is 5.30. The van der Waals surface area contributed by atoms with Crippen molar-refractivity contribution in [1.29, 1.82) is 0 Å². The van der Waals surface area contributed by atoms with Crippen LogP contribution in [0.4, 0.5) is 0 Å². The predicted octanol–water partition coefficient (Wildman–Crippen LogP) is 4.67. The minimum atomic E-state index is -1.90. The minimum absolute atomic E-state index is 0.0336. The molecular formula is C20H35NO4Si. The van der Waals surface area contributed by atoms with E-state index >= 15 is 0 Å². The van der Waals surface area contributed by atoms with Crippen molar-refractivity contribution >= 4 is 20.0 Å². The number of oxime groups is 1. The van der Waals surface area contributed by atoms with E-state index in [0.29, 0.717) is 6.61 Å². The van der Waals surface area contributed by atoms with E-state index in [0.717, 1.165) is 31.4 Å². The van der Waals surface area contributed by atoms with Crippen LogP contribution in [0.15, 0.2) is 5.16 Å². The molecule has 148 valence electrons. The molecule has 0 aromatic carbocycles. The van der Waals surface area contributed by atoms with Crippen LogP contribution in [0.5, 0.6) is 0 Å². The quantitative estimate of drug-likeness (QED) is 0.525. The van der Waals surface area contributed by atoms with Gasteiger partial charge in [-0.3, -0.25) is 4.79 Å². The van der Waals surface area contributed by atoms with Gasteiger partial charge in [-0.1, -0.05) is 32.9 Å². The number of nitrogens with zero attached hydrogens (tertiary/aromatic N) is 1. The maximum Gasteiger partial charge on any atom is 0.302 e. The van der Waals surface area contributed by atoms with Crippen LogP contribution in [0.25, 0.3) is 0 Å². The molecule has 0 spiro atoms. The molecule has 2 aliphatic carbocycles. The number of ether oxygens (including phenoxy) is 1. The highest BCUT2D eigenvalue weighted by Crippen LogP contribution is 2.58. The highest BCUT2D eigenvalue weighted by molar-refractivity contribution is 6.74. The van der Waals surface area contributed by atoms with Gasteiger partial charge in [-0.05, 0) is 55.7 Å². The van der Waals surface area contributed by atoms with Crippen molar-refractivity contribution in [3.63, 3.8) is 0 Å². The summed E-state index contributed by atoms with van der Waals surface area (Å²) >= 11 is 0. The van der Waals surface area contributed by atoms with Gasteiger partial charge in [0.15, 0.2) is 13.9 Å². The summed E-state index contributed by atoms with van der Waals surface area (Å²) in [5.74, 6) is -0.0693. The molecule has 0 N–H and O–H groups in total. The third-order valence-corrected chi connectivity index (χ3v) is 11.8. The van der Waals surface area contributed by atoms with E-state index < -0.39 is 13.9 Å². The summed E-state index contributed by atoms with van der Waals surface area (Å²) in [4.78, 5) is 17.5. The Bertz CT molecular complexity index is 611. The Hall–Kier alpha value is -0.883. The van der Waals surface area contributed by atoms with Gasteiger partial charge in [0, 0.05) is 6.92 Å². The predicted molar refractivity (Wildman–Crippen MR) is 105 cm³/mol. The normalized spacial score (nSPS) is 36.8. The van der Waals surface area contributed by atoms with Crippen LogP contribution in [-0.2, 0) is 18.8 Å². The highest BCUT2D eigenvalue weighted by atomic mass is 28.4. The second-order valence-corrected chi connectivity index (χ2v) is 15.1. The van der Waals surface area contributed by atoms with Gasteiger partial charge in [-0.2, -0.15) is 0 Å². The van der Waals surface area contributed by atoms with Crippen molar-refractivity contribution in [2.24, 2.45) is 16.5 Å². The van der Waals surface area contributed by atoms with E-state index in [-0.39, 0.29) is 28.4 Å². The number of carbonyl (C=O) groups is 1. The molecule has 2 saturated carbocycles. The Labute approximate surface area is 159 Å². The summed E-state index contributed by atoms with van der Waals surface area (Å²) in [6, 6.07) is 0. The van der Waals surface area contributed by atoms with Gasteiger partial charge < -0.3 is 14.0 Å². The Morgan fingerprint density at radius 1 is 1.31 bits per heavy atom. The first kappa shape index (κ1) is 19.9.